The average molecular weight is 367 g/mol. The van der Waals surface area contributed by atoms with E-state index in [1.807, 2.05) is 36.7 Å². The van der Waals surface area contributed by atoms with Crippen LogP contribution in [0.2, 0.25) is 0 Å². The standard InChI is InChI=1S/C21H25N3O3/c1-27-19-9-5-3-7-16(19)20-22-11-14(12-23-20)13-24-17-8-4-2-6-15(17)10-18(24)21(25)26/h3,5,7,9,11-12,15,17-18H,2,4,6,8,10,13H2,1H3,(H,25,26). The van der Waals surface area contributed by atoms with Gasteiger partial charge in [-0.25, -0.2) is 9.97 Å². The summed E-state index contributed by atoms with van der Waals surface area (Å²) in [6.07, 6.45) is 9.03. The van der Waals surface area contributed by atoms with Crippen molar-refractivity contribution in [1.82, 2.24) is 14.9 Å². The highest BCUT2D eigenvalue weighted by molar-refractivity contribution is 5.74. The van der Waals surface area contributed by atoms with E-state index in [0.29, 0.717) is 24.3 Å². The van der Waals surface area contributed by atoms with Gasteiger partial charge in [0.25, 0.3) is 0 Å². The van der Waals surface area contributed by atoms with Crippen LogP contribution in [0.3, 0.4) is 0 Å². The van der Waals surface area contributed by atoms with Crippen molar-refractivity contribution in [2.75, 3.05) is 7.11 Å². The molecule has 1 aliphatic heterocycles. The smallest absolute Gasteiger partial charge is 0.320 e. The van der Waals surface area contributed by atoms with Gasteiger partial charge in [-0.15, -0.1) is 0 Å². The number of carboxylic acids is 1. The van der Waals surface area contributed by atoms with Crippen LogP contribution < -0.4 is 4.74 Å². The maximum Gasteiger partial charge on any atom is 0.320 e. The zero-order chi connectivity index (χ0) is 18.8. The van der Waals surface area contributed by atoms with Gasteiger partial charge in [0.05, 0.1) is 12.7 Å². The van der Waals surface area contributed by atoms with Gasteiger partial charge >= 0.3 is 5.97 Å². The molecule has 6 nitrogen and oxygen atoms in total. The summed E-state index contributed by atoms with van der Waals surface area (Å²) < 4.78 is 5.38. The van der Waals surface area contributed by atoms with Crippen molar-refractivity contribution in [3.05, 3.63) is 42.2 Å². The fourth-order valence-electron chi connectivity index (χ4n) is 4.64. The molecule has 2 fully saturated rings. The number of fused-ring (bicyclic) bond motifs is 1. The summed E-state index contributed by atoms with van der Waals surface area (Å²) in [6, 6.07) is 7.64. The van der Waals surface area contributed by atoms with E-state index in [1.54, 1.807) is 7.11 Å². The molecular formula is C21H25N3O3. The van der Waals surface area contributed by atoms with E-state index in [2.05, 4.69) is 14.9 Å². The van der Waals surface area contributed by atoms with Gasteiger partial charge in [0.1, 0.15) is 11.8 Å². The molecule has 27 heavy (non-hydrogen) atoms. The molecule has 3 atom stereocenters. The highest BCUT2D eigenvalue weighted by atomic mass is 16.5. The van der Waals surface area contributed by atoms with Crippen molar-refractivity contribution in [2.24, 2.45) is 5.92 Å². The lowest BCUT2D eigenvalue weighted by Gasteiger charge is -2.32. The average Bonchev–Trinajstić information content (AvgIpc) is 3.07. The molecule has 2 aromatic rings. The van der Waals surface area contributed by atoms with Gasteiger partial charge in [-0.3, -0.25) is 9.69 Å². The molecule has 1 N–H and O–H groups in total. The highest BCUT2D eigenvalue weighted by Gasteiger charge is 2.45. The van der Waals surface area contributed by atoms with Gasteiger partial charge in [0, 0.05) is 30.5 Å². The number of aliphatic carboxylic acids is 1. The second kappa shape index (κ2) is 7.64. The Hall–Kier alpha value is -2.47. The van der Waals surface area contributed by atoms with E-state index in [1.165, 1.54) is 12.8 Å². The molecule has 4 rings (SSSR count). The van der Waals surface area contributed by atoms with Crippen LogP contribution in [0, 0.1) is 5.92 Å². The lowest BCUT2D eigenvalue weighted by molar-refractivity contribution is -0.142. The zero-order valence-electron chi connectivity index (χ0n) is 15.5. The van der Waals surface area contributed by atoms with E-state index >= 15 is 0 Å². The lowest BCUT2D eigenvalue weighted by atomic mass is 9.84. The summed E-state index contributed by atoms with van der Waals surface area (Å²) in [6.45, 7) is 0.588. The minimum atomic E-state index is -0.712. The SMILES string of the molecule is COc1ccccc1-c1ncc(CN2C(C(=O)O)CC3CCCCC32)cn1. The minimum Gasteiger partial charge on any atom is -0.496 e. The summed E-state index contributed by atoms with van der Waals surface area (Å²) in [5, 5.41) is 9.67. The van der Waals surface area contributed by atoms with Crippen molar-refractivity contribution in [3.8, 4) is 17.1 Å². The fraction of sp³-hybridized carbons (Fsp3) is 0.476. The second-order valence-corrected chi connectivity index (χ2v) is 7.49. The van der Waals surface area contributed by atoms with Crippen LogP contribution in [0.25, 0.3) is 11.4 Å². The van der Waals surface area contributed by atoms with Crippen LogP contribution >= 0.6 is 0 Å². The predicted molar refractivity (Wildman–Crippen MR) is 101 cm³/mol. The van der Waals surface area contributed by atoms with Crippen LogP contribution in [0.4, 0.5) is 0 Å². The minimum absolute atomic E-state index is 0.369. The maximum absolute atomic E-state index is 11.8. The fourth-order valence-corrected chi connectivity index (χ4v) is 4.64. The van der Waals surface area contributed by atoms with Gasteiger partial charge in [-0.05, 0) is 37.3 Å². The second-order valence-electron chi connectivity index (χ2n) is 7.49. The Kier molecular flexibility index (Phi) is 5.07. The first kappa shape index (κ1) is 17.9. The number of hydrogen-bond acceptors (Lipinski definition) is 5. The third kappa shape index (κ3) is 3.54. The van der Waals surface area contributed by atoms with Crippen molar-refractivity contribution >= 4 is 5.97 Å². The topological polar surface area (TPSA) is 75.5 Å². The van der Waals surface area contributed by atoms with Crippen LogP contribution in [-0.4, -0.2) is 45.1 Å². The Balaban J connectivity index is 1.54. The van der Waals surface area contributed by atoms with E-state index in [-0.39, 0.29) is 0 Å². The largest absolute Gasteiger partial charge is 0.496 e. The molecule has 0 bridgehead atoms. The van der Waals surface area contributed by atoms with Crippen molar-refractivity contribution < 1.29 is 14.6 Å². The number of likely N-dealkylation sites (tertiary alicyclic amines) is 1. The van der Waals surface area contributed by atoms with Gasteiger partial charge in [-0.1, -0.05) is 25.0 Å². The quantitative estimate of drug-likeness (QED) is 0.873. The highest BCUT2D eigenvalue weighted by Crippen LogP contribution is 2.40. The summed E-state index contributed by atoms with van der Waals surface area (Å²) in [5.74, 6) is 1.15. The van der Waals surface area contributed by atoms with Crippen molar-refractivity contribution in [3.63, 3.8) is 0 Å². The number of nitrogens with zero attached hydrogens (tertiary/aromatic N) is 3. The molecule has 6 heteroatoms. The van der Waals surface area contributed by atoms with E-state index in [0.717, 1.165) is 36.1 Å². The Bertz CT molecular complexity index is 809. The van der Waals surface area contributed by atoms with Gasteiger partial charge < -0.3 is 9.84 Å². The molecule has 1 aliphatic carbocycles. The molecule has 1 saturated heterocycles. The Morgan fingerprint density at radius 3 is 2.70 bits per heavy atom. The number of benzene rings is 1. The van der Waals surface area contributed by atoms with Crippen LogP contribution in [0.5, 0.6) is 5.75 Å². The number of hydrogen-bond donors (Lipinski definition) is 1. The monoisotopic (exact) mass is 367 g/mol. The van der Waals surface area contributed by atoms with E-state index < -0.39 is 12.0 Å². The maximum atomic E-state index is 11.8. The number of methoxy groups -OCH3 is 1. The van der Waals surface area contributed by atoms with Crippen LogP contribution in [0.1, 0.15) is 37.7 Å². The molecule has 2 heterocycles. The first-order chi connectivity index (χ1) is 13.2. The van der Waals surface area contributed by atoms with Crippen LogP contribution in [-0.2, 0) is 11.3 Å². The Morgan fingerprint density at radius 2 is 1.96 bits per heavy atom. The molecule has 2 aliphatic rings. The number of para-hydroxylation sites is 1. The first-order valence-corrected chi connectivity index (χ1v) is 9.60. The van der Waals surface area contributed by atoms with Crippen molar-refractivity contribution in [1.29, 1.82) is 0 Å². The van der Waals surface area contributed by atoms with Gasteiger partial charge in [0.15, 0.2) is 5.82 Å². The number of ether oxygens (including phenoxy) is 1. The van der Waals surface area contributed by atoms with E-state index in [4.69, 9.17) is 4.74 Å². The third-order valence-electron chi connectivity index (χ3n) is 5.92. The lowest BCUT2D eigenvalue weighted by Crippen LogP contribution is -2.41. The number of rotatable bonds is 5. The molecule has 142 valence electrons. The molecule has 0 radical (unpaired) electrons. The summed E-state index contributed by atoms with van der Waals surface area (Å²) in [7, 11) is 1.63. The molecule has 1 aromatic carbocycles. The third-order valence-corrected chi connectivity index (χ3v) is 5.92. The van der Waals surface area contributed by atoms with E-state index in [9.17, 15) is 9.90 Å². The van der Waals surface area contributed by atoms with Gasteiger partial charge in [0.2, 0.25) is 0 Å². The normalized spacial score (nSPS) is 25.1. The number of carboxylic acid groups (broad SMARTS) is 1. The Labute approximate surface area is 159 Å². The molecule has 1 saturated carbocycles. The first-order valence-electron chi connectivity index (χ1n) is 9.60. The molecular weight excluding hydrogens is 342 g/mol. The molecule has 0 amide bonds. The summed E-state index contributed by atoms with van der Waals surface area (Å²) in [4.78, 5) is 22.9. The Morgan fingerprint density at radius 1 is 1.22 bits per heavy atom. The predicted octanol–water partition coefficient (Wildman–Crippen LogP) is 3.37. The summed E-state index contributed by atoms with van der Waals surface area (Å²) >= 11 is 0. The molecule has 1 aromatic heterocycles. The molecule has 0 spiro atoms. The van der Waals surface area contributed by atoms with Crippen LogP contribution in [0.15, 0.2) is 36.7 Å². The van der Waals surface area contributed by atoms with Crippen molar-refractivity contribution in [2.45, 2.75) is 50.7 Å². The summed E-state index contributed by atoms with van der Waals surface area (Å²) in [5.41, 5.74) is 1.80. The zero-order valence-corrected chi connectivity index (χ0v) is 15.5. The molecule has 3 unspecified atom stereocenters. The number of aromatic nitrogens is 2. The number of carbonyl (C=O) groups is 1. The van der Waals surface area contributed by atoms with Gasteiger partial charge in [-0.2, -0.15) is 0 Å².